The molecule has 7 heteroatoms. The zero-order valence-corrected chi connectivity index (χ0v) is 11.2. The molecule has 0 atom stereocenters. The van der Waals surface area contributed by atoms with E-state index in [4.69, 9.17) is 11.6 Å². The van der Waals surface area contributed by atoms with Crippen molar-refractivity contribution in [1.29, 1.82) is 0 Å². The number of hydrogen-bond donors (Lipinski definition) is 1. The largest absolute Gasteiger partial charge is 0.460 e. The highest BCUT2D eigenvalue weighted by molar-refractivity contribution is 6.30. The fraction of sp³-hybridized carbons (Fsp3) is 0.0769. The van der Waals surface area contributed by atoms with Crippen LogP contribution in [0.15, 0.2) is 39.6 Å². The zero-order valence-electron chi connectivity index (χ0n) is 10.4. The van der Waals surface area contributed by atoms with Crippen LogP contribution in [0.1, 0.15) is 5.82 Å². The Morgan fingerprint density at radius 3 is 2.45 bits per heavy atom. The molecular formula is C13H9ClN4O2. The number of hydrogen-bond acceptors (Lipinski definition) is 5. The van der Waals surface area contributed by atoms with Crippen LogP contribution < -0.4 is 5.76 Å². The van der Waals surface area contributed by atoms with Crippen LogP contribution in [0.25, 0.3) is 22.8 Å². The van der Waals surface area contributed by atoms with Gasteiger partial charge in [-0.2, -0.15) is 10.1 Å². The lowest BCUT2D eigenvalue weighted by Gasteiger charge is -2.04. The molecule has 0 aliphatic carbocycles. The third-order valence-electron chi connectivity index (χ3n) is 2.66. The molecule has 0 radical (unpaired) electrons. The molecule has 0 saturated heterocycles. The summed E-state index contributed by atoms with van der Waals surface area (Å²) in [6, 6.07) is 9.01. The Kier molecular flexibility index (Phi) is 3.08. The van der Waals surface area contributed by atoms with Crippen molar-refractivity contribution in [3.8, 4) is 22.8 Å². The lowest BCUT2D eigenvalue weighted by atomic mass is 10.1. The van der Waals surface area contributed by atoms with Crippen LogP contribution in [-0.2, 0) is 0 Å². The summed E-state index contributed by atoms with van der Waals surface area (Å²) in [6.07, 6.45) is 0. The fourth-order valence-electron chi connectivity index (χ4n) is 1.80. The molecule has 20 heavy (non-hydrogen) atoms. The number of aryl methyl sites for hydroxylation is 1. The molecule has 100 valence electrons. The predicted octanol–water partition coefficient (Wildman–Crippen LogP) is 2.45. The Hall–Kier alpha value is -2.47. The first-order valence-electron chi connectivity index (χ1n) is 5.79. The molecule has 0 unspecified atom stereocenters. The van der Waals surface area contributed by atoms with Gasteiger partial charge in [0.05, 0.1) is 5.69 Å². The Bertz CT molecular complexity index is 808. The summed E-state index contributed by atoms with van der Waals surface area (Å²) in [6.45, 7) is 1.76. The van der Waals surface area contributed by atoms with E-state index in [1.807, 2.05) is 12.1 Å². The second-order valence-corrected chi connectivity index (χ2v) is 4.56. The van der Waals surface area contributed by atoms with E-state index >= 15 is 0 Å². The second kappa shape index (κ2) is 4.90. The zero-order chi connectivity index (χ0) is 14.1. The first-order valence-corrected chi connectivity index (χ1v) is 6.17. The maximum Gasteiger partial charge on any atom is 0.460 e. The van der Waals surface area contributed by atoms with Crippen LogP contribution in [-0.4, -0.2) is 20.1 Å². The van der Waals surface area contributed by atoms with E-state index in [1.165, 1.54) is 0 Å². The molecule has 2 heterocycles. The molecule has 1 aromatic carbocycles. The summed E-state index contributed by atoms with van der Waals surface area (Å²) in [5.74, 6) is 0.149. The number of nitrogens with one attached hydrogen (secondary N) is 1. The van der Waals surface area contributed by atoms with Gasteiger partial charge in [0.25, 0.3) is 0 Å². The van der Waals surface area contributed by atoms with Crippen molar-refractivity contribution < 1.29 is 4.52 Å². The summed E-state index contributed by atoms with van der Waals surface area (Å²) in [7, 11) is 0. The molecule has 6 nitrogen and oxygen atoms in total. The van der Waals surface area contributed by atoms with Gasteiger partial charge < -0.3 is 4.52 Å². The quantitative estimate of drug-likeness (QED) is 0.783. The van der Waals surface area contributed by atoms with Crippen molar-refractivity contribution in [3.05, 3.63) is 51.7 Å². The second-order valence-electron chi connectivity index (χ2n) is 4.12. The molecule has 0 spiro atoms. The first-order chi connectivity index (χ1) is 9.61. The smallest absolute Gasteiger partial charge is 0.321 e. The topological polar surface area (TPSA) is 84.7 Å². The molecule has 0 aliphatic heterocycles. The van der Waals surface area contributed by atoms with Crippen molar-refractivity contribution >= 4 is 11.6 Å². The third kappa shape index (κ3) is 2.46. The van der Waals surface area contributed by atoms with Gasteiger partial charge in [-0.15, -0.1) is 0 Å². The highest BCUT2D eigenvalue weighted by Gasteiger charge is 2.10. The highest BCUT2D eigenvalue weighted by atomic mass is 35.5. The summed E-state index contributed by atoms with van der Waals surface area (Å²) in [5.41, 5.74) is 2.10. The van der Waals surface area contributed by atoms with Crippen LogP contribution in [0.4, 0.5) is 0 Å². The van der Waals surface area contributed by atoms with Crippen molar-refractivity contribution in [1.82, 2.24) is 20.1 Å². The molecule has 0 aliphatic rings. The number of aromatic nitrogens is 4. The van der Waals surface area contributed by atoms with Crippen LogP contribution in [0, 0.1) is 6.92 Å². The average Bonchev–Trinajstić information content (AvgIpc) is 2.85. The van der Waals surface area contributed by atoms with E-state index in [0.29, 0.717) is 22.2 Å². The Morgan fingerprint density at radius 1 is 1.10 bits per heavy atom. The van der Waals surface area contributed by atoms with Gasteiger partial charge in [-0.05, 0) is 25.1 Å². The molecule has 0 bridgehead atoms. The van der Waals surface area contributed by atoms with Crippen molar-refractivity contribution in [2.24, 2.45) is 0 Å². The number of halogens is 1. The first kappa shape index (κ1) is 12.6. The number of nitrogens with zero attached hydrogens (tertiary/aromatic N) is 3. The van der Waals surface area contributed by atoms with E-state index in [-0.39, 0.29) is 5.82 Å². The minimum Gasteiger partial charge on any atom is -0.321 e. The van der Waals surface area contributed by atoms with Gasteiger partial charge in [-0.25, -0.2) is 14.8 Å². The number of rotatable bonds is 2. The van der Waals surface area contributed by atoms with Gasteiger partial charge in [-0.3, -0.25) is 0 Å². The lowest BCUT2D eigenvalue weighted by Crippen LogP contribution is -1.98. The monoisotopic (exact) mass is 288 g/mol. The third-order valence-corrected chi connectivity index (χ3v) is 2.91. The summed E-state index contributed by atoms with van der Waals surface area (Å²) < 4.78 is 4.55. The van der Waals surface area contributed by atoms with E-state index < -0.39 is 5.76 Å². The SMILES string of the molecule is Cc1nc(-c2ccc(Cl)cc2)cc(-c2nc(=O)o[nH]2)n1. The van der Waals surface area contributed by atoms with E-state index in [0.717, 1.165) is 5.56 Å². The summed E-state index contributed by atoms with van der Waals surface area (Å²) in [4.78, 5) is 23.2. The predicted molar refractivity (Wildman–Crippen MR) is 73.3 cm³/mol. The van der Waals surface area contributed by atoms with E-state index in [9.17, 15) is 4.79 Å². The Morgan fingerprint density at radius 2 is 1.80 bits per heavy atom. The van der Waals surface area contributed by atoms with Gasteiger partial charge in [0.2, 0.25) is 0 Å². The van der Waals surface area contributed by atoms with Gasteiger partial charge in [-0.1, -0.05) is 23.7 Å². The average molecular weight is 289 g/mol. The van der Waals surface area contributed by atoms with E-state index in [2.05, 4.69) is 24.6 Å². The number of aromatic amines is 1. The van der Waals surface area contributed by atoms with Gasteiger partial charge in [0, 0.05) is 10.6 Å². The van der Waals surface area contributed by atoms with Gasteiger partial charge in [0.1, 0.15) is 11.5 Å². The molecule has 0 fully saturated rings. The minimum atomic E-state index is -0.690. The molecule has 0 amide bonds. The van der Waals surface area contributed by atoms with Crippen LogP contribution in [0.5, 0.6) is 0 Å². The number of H-pyrrole nitrogens is 1. The standard InChI is InChI=1S/C13H9ClN4O2/c1-7-15-10(8-2-4-9(14)5-3-8)6-11(16-7)12-17-13(19)20-18-12/h2-6H,1H3,(H,17,18,19). The maximum absolute atomic E-state index is 11.0. The number of benzene rings is 1. The van der Waals surface area contributed by atoms with Crippen LogP contribution in [0.3, 0.4) is 0 Å². The van der Waals surface area contributed by atoms with Crippen molar-refractivity contribution in [2.75, 3.05) is 0 Å². The minimum absolute atomic E-state index is 0.274. The molecule has 3 aromatic rings. The fourth-order valence-corrected chi connectivity index (χ4v) is 1.92. The van der Waals surface area contributed by atoms with Gasteiger partial charge in [0.15, 0.2) is 5.82 Å². The molecule has 2 aromatic heterocycles. The van der Waals surface area contributed by atoms with Crippen LogP contribution in [0.2, 0.25) is 5.02 Å². The molecule has 3 rings (SSSR count). The Balaban J connectivity index is 2.11. The van der Waals surface area contributed by atoms with Crippen molar-refractivity contribution in [3.63, 3.8) is 0 Å². The van der Waals surface area contributed by atoms with E-state index in [1.54, 1.807) is 25.1 Å². The van der Waals surface area contributed by atoms with Gasteiger partial charge >= 0.3 is 5.76 Å². The Labute approximate surface area is 118 Å². The molecule has 1 N–H and O–H groups in total. The summed E-state index contributed by atoms with van der Waals surface area (Å²) >= 11 is 5.87. The van der Waals surface area contributed by atoms with Crippen molar-refractivity contribution in [2.45, 2.75) is 6.92 Å². The maximum atomic E-state index is 11.0. The lowest BCUT2D eigenvalue weighted by molar-refractivity contribution is 0.387. The normalized spacial score (nSPS) is 10.7. The summed E-state index contributed by atoms with van der Waals surface area (Å²) in [5, 5.41) is 3.08. The molecular weight excluding hydrogens is 280 g/mol. The highest BCUT2D eigenvalue weighted by Crippen LogP contribution is 2.22. The molecule has 0 saturated carbocycles. The van der Waals surface area contributed by atoms with Crippen LogP contribution >= 0.6 is 11.6 Å².